The van der Waals surface area contributed by atoms with Gasteiger partial charge in [-0.2, -0.15) is 4.79 Å². The Morgan fingerprint density at radius 1 is 0.939 bits per heavy atom. The van der Waals surface area contributed by atoms with E-state index in [0.717, 1.165) is 16.7 Å². The van der Waals surface area contributed by atoms with Gasteiger partial charge < -0.3 is 9.26 Å². The average Bonchev–Trinajstić information content (AvgIpc) is 3.13. The number of aliphatic imine (C=N–C) groups is 1. The van der Waals surface area contributed by atoms with Gasteiger partial charge >= 0.3 is 12.9 Å². The summed E-state index contributed by atoms with van der Waals surface area (Å²) in [5.74, 6) is -0.0100. The molecule has 0 spiro atoms. The van der Waals surface area contributed by atoms with Crippen molar-refractivity contribution < 1.29 is 28.0 Å². The van der Waals surface area contributed by atoms with E-state index in [1.807, 2.05) is 60.7 Å². The number of amides is 3. The van der Waals surface area contributed by atoms with Crippen LogP contribution in [-0.2, 0) is 19.4 Å². The Morgan fingerprint density at radius 2 is 1.45 bits per heavy atom. The number of carbonyl (C=O) groups excluding carboxylic acids is 2. The monoisotopic (exact) mass is 696 g/mol. The van der Waals surface area contributed by atoms with Crippen LogP contribution in [0, 0.1) is 0 Å². The van der Waals surface area contributed by atoms with E-state index in [2.05, 4.69) is 51.6 Å². The quantitative estimate of drug-likeness (QED) is 0.121. The van der Waals surface area contributed by atoms with Gasteiger partial charge in [-0.3, -0.25) is 19.6 Å². The predicted octanol–water partition coefficient (Wildman–Crippen LogP) is 6.49. The third-order valence-corrected chi connectivity index (χ3v) is 11.0. The van der Waals surface area contributed by atoms with Crippen LogP contribution in [0.25, 0.3) is 0 Å². The molecule has 1 N–H and O–H groups in total. The second-order valence-electron chi connectivity index (χ2n) is 11.7. The number of nitrogens with zero attached hydrogens (tertiary/aromatic N) is 4. The predicted molar refractivity (Wildman–Crippen MR) is 190 cm³/mol. The highest BCUT2D eigenvalue weighted by atomic mass is 35.7. The molecule has 12 heteroatoms. The van der Waals surface area contributed by atoms with Gasteiger partial charge in [0.25, 0.3) is 17.6 Å². The molecule has 1 saturated heterocycles. The standard InChI is InChI=1S/C37H35ClN5O5P/c1-41(2)49(38,46)47-27-32-25-42(26-34(48-32)43-24-23-33(40-36(43)45)39-35(44)28-15-7-3-8-16-28)37(29-17-9-4-10-18-29,30-19-11-5-12-20-30)31-21-13-6-14-22-31/h3-24,32H,25-27H2,1-2H3/p+1/b43-34+/t32-,49?/m0/s1. The number of nitrogens with one attached hydrogen (secondary N) is 1. The third-order valence-electron chi connectivity index (χ3n) is 8.35. The lowest BCUT2D eigenvalue weighted by atomic mass is 9.75. The van der Waals surface area contributed by atoms with Crippen molar-refractivity contribution in [1.29, 1.82) is 0 Å². The molecule has 49 heavy (non-hydrogen) atoms. The molecule has 3 amide bonds. The molecule has 4 aromatic carbocycles. The maximum Gasteiger partial charge on any atom is 0.549 e. The Balaban J connectivity index is 1.44. The summed E-state index contributed by atoms with van der Waals surface area (Å²) in [7, 11) is 3.15. The number of hydrogen-bond donors (Lipinski definition) is 1. The molecule has 4 aromatic rings. The van der Waals surface area contributed by atoms with Crippen molar-refractivity contribution in [3.63, 3.8) is 0 Å². The number of ether oxygens (including phenoxy) is 1. The van der Waals surface area contributed by atoms with Crippen LogP contribution >= 0.6 is 18.1 Å². The highest BCUT2D eigenvalue weighted by Crippen LogP contribution is 2.54. The van der Waals surface area contributed by atoms with Crippen molar-refractivity contribution in [1.82, 2.24) is 14.9 Å². The summed E-state index contributed by atoms with van der Waals surface area (Å²) < 4.78 is 27.9. The van der Waals surface area contributed by atoms with Crippen molar-refractivity contribution >= 4 is 41.8 Å². The molecular formula is C37H36ClN5O5P+. The fourth-order valence-corrected chi connectivity index (χ4v) is 6.78. The summed E-state index contributed by atoms with van der Waals surface area (Å²) in [5, 5.41) is 2.69. The number of urea groups is 1. The van der Waals surface area contributed by atoms with Crippen LogP contribution in [0.2, 0.25) is 0 Å². The molecule has 2 aliphatic rings. The molecule has 2 atom stereocenters. The van der Waals surface area contributed by atoms with E-state index in [1.165, 1.54) is 15.4 Å². The molecule has 1 fully saturated rings. The topological polar surface area (TPSA) is 104 Å². The zero-order valence-electron chi connectivity index (χ0n) is 27.1. The summed E-state index contributed by atoms with van der Waals surface area (Å²) in [6, 6.07) is 38.4. The number of benzene rings is 4. The van der Waals surface area contributed by atoms with Crippen molar-refractivity contribution in [2.75, 3.05) is 33.8 Å². The minimum atomic E-state index is -3.64. The van der Waals surface area contributed by atoms with Gasteiger partial charge in [-0.1, -0.05) is 109 Å². The average molecular weight is 697 g/mol. The van der Waals surface area contributed by atoms with Crippen LogP contribution < -0.4 is 5.32 Å². The summed E-state index contributed by atoms with van der Waals surface area (Å²) in [4.78, 5) is 32.8. The van der Waals surface area contributed by atoms with Crippen LogP contribution in [-0.4, -0.2) is 77.7 Å². The molecule has 250 valence electrons. The van der Waals surface area contributed by atoms with Crippen molar-refractivity contribution in [3.8, 4) is 0 Å². The fourth-order valence-electron chi connectivity index (χ4n) is 6.03. The number of carbonyl (C=O) groups is 2. The van der Waals surface area contributed by atoms with E-state index >= 15 is 0 Å². The Kier molecular flexibility index (Phi) is 10.3. The summed E-state index contributed by atoms with van der Waals surface area (Å²) >= 11 is 6.27. The minimum absolute atomic E-state index is 0.101. The van der Waals surface area contributed by atoms with Gasteiger partial charge in [0.1, 0.15) is 12.3 Å². The Morgan fingerprint density at radius 3 is 1.94 bits per heavy atom. The molecule has 0 saturated carbocycles. The van der Waals surface area contributed by atoms with Gasteiger partial charge in [-0.05, 0) is 54.2 Å². The third kappa shape index (κ3) is 7.34. The molecule has 0 aromatic heterocycles. The van der Waals surface area contributed by atoms with Gasteiger partial charge in [-0.25, -0.2) is 4.67 Å². The van der Waals surface area contributed by atoms with Gasteiger partial charge in [0.2, 0.25) is 0 Å². The van der Waals surface area contributed by atoms with Crippen molar-refractivity contribution in [2.45, 2.75) is 11.6 Å². The van der Waals surface area contributed by atoms with E-state index in [0.29, 0.717) is 12.1 Å². The number of rotatable bonds is 9. The van der Waals surface area contributed by atoms with E-state index in [4.69, 9.17) is 20.5 Å². The Bertz CT molecular complexity index is 1840. The second-order valence-corrected chi connectivity index (χ2v) is 14.9. The van der Waals surface area contributed by atoms with Crippen LogP contribution in [0.1, 0.15) is 27.0 Å². The van der Waals surface area contributed by atoms with E-state index < -0.39 is 24.5 Å². The van der Waals surface area contributed by atoms with E-state index in [1.54, 1.807) is 44.4 Å². The van der Waals surface area contributed by atoms with E-state index in [9.17, 15) is 14.2 Å². The first-order valence-electron chi connectivity index (χ1n) is 15.7. The zero-order chi connectivity index (χ0) is 34.4. The maximum absolute atomic E-state index is 13.6. The highest BCUT2D eigenvalue weighted by Gasteiger charge is 2.47. The van der Waals surface area contributed by atoms with Crippen LogP contribution in [0.15, 0.2) is 139 Å². The summed E-state index contributed by atoms with van der Waals surface area (Å²) in [6.45, 7) is -3.26. The lowest BCUT2D eigenvalue weighted by molar-refractivity contribution is -0.366. The number of hydrogen-bond acceptors (Lipinski definition) is 6. The van der Waals surface area contributed by atoms with Crippen molar-refractivity contribution in [2.24, 2.45) is 4.99 Å². The molecular weight excluding hydrogens is 661 g/mol. The number of halogens is 1. The summed E-state index contributed by atoms with van der Waals surface area (Å²) in [6.07, 6.45) is 2.37. The molecule has 0 aliphatic carbocycles. The first-order chi connectivity index (χ1) is 23.7. The molecule has 6 rings (SSSR count). The maximum atomic E-state index is 13.6. The normalized spacial score (nSPS) is 19.6. The molecule has 2 aliphatic heterocycles. The van der Waals surface area contributed by atoms with Crippen molar-refractivity contribution in [3.05, 3.63) is 156 Å². The molecule has 1 unspecified atom stereocenters. The summed E-state index contributed by atoms with van der Waals surface area (Å²) in [5.41, 5.74) is 2.56. The van der Waals surface area contributed by atoms with Crippen LogP contribution in [0.3, 0.4) is 0 Å². The zero-order valence-corrected chi connectivity index (χ0v) is 28.7. The fraction of sp³-hybridized carbons (Fsp3) is 0.189. The van der Waals surface area contributed by atoms with Crippen LogP contribution in [0.5, 0.6) is 0 Å². The van der Waals surface area contributed by atoms with E-state index in [-0.39, 0.29) is 30.8 Å². The van der Waals surface area contributed by atoms with Crippen LogP contribution in [0.4, 0.5) is 4.79 Å². The Labute approximate surface area is 290 Å². The number of amidine groups is 1. The lowest BCUT2D eigenvalue weighted by Gasteiger charge is -2.48. The van der Waals surface area contributed by atoms with Gasteiger partial charge in [0.15, 0.2) is 0 Å². The van der Waals surface area contributed by atoms with Gasteiger partial charge in [-0.15, -0.1) is 4.58 Å². The minimum Gasteiger partial charge on any atom is -0.457 e. The highest BCUT2D eigenvalue weighted by molar-refractivity contribution is 7.83. The smallest absolute Gasteiger partial charge is 0.457 e. The lowest BCUT2D eigenvalue weighted by Crippen LogP contribution is -2.59. The largest absolute Gasteiger partial charge is 0.549 e. The SMILES string of the molecule is CN(C)P(=O)(Cl)OC[C@@H]1CN(C(c2ccccc2)(c2ccccc2)c2ccccc2)C/C(=[N+]2/C=CC(NC(=O)c3ccccc3)=NC2=O)O1. The Hall–Kier alpha value is -4.70. The molecule has 0 bridgehead atoms. The number of morpholine rings is 1. The molecule has 2 heterocycles. The first kappa shape index (κ1) is 34.2. The van der Waals surface area contributed by atoms with Gasteiger partial charge in [0, 0.05) is 23.2 Å². The molecule has 10 nitrogen and oxygen atoms in total. The second kappa shape index (κ2) is 14.8. The first-order valence-corrected chi connectivity index (χ1v) is 18.2. The molecule has 0 radical (unpaired) electrons. The van der Waals surface area contributed by atoms with Gasteiger partial charge in [0.05, 0.1) is 18.7 Å².